The number of halogens is 6. The first-order valence-electron chi connectivity index (χ1n) is 5.15. The molecule has 0 aliphatic carbocycles. The lowest BCUT2D eigenvalue weighted by atomic mass is 10.0. The van der Waals surface area contributed by atoms with Gasteiger partial charge in [-0.3, -0.25) is 0 Å². The molecule has 0 spiro atoms. The average Bonchev–Trinajstić information content (AvgIpc) is 2.25. The molecule has 0 aliphatic rings. The van der Waals surface area contributed by atoms with E-state index in [1.807, 2.05) is 0 Å². The molecule has 1 rings (SSSR count). The Bertz CT molecular complexity index is 368. The van der Waals surface area contributed by atoms with Gasteiger partial charge in [-0.05, 0) is 24.1 Å². The molecule has 2 N–H and O–H groups in total. The second-order valence-electron chi connectivity index (χ2n) is 3.71. The van der Waals surface area contributed by atoms with Crippen LogP contribution in [0.3, 0.4) is 0 Å². The van der Waals surface area contributed by atoms with Gasteiger partial charge in [0.1, 0.15) is 5.75 Å². The Morgan fingerprint density at radius 3 is 2.05 bits per heavy atom. The average molecular weight is 306 g/mol. The van der Waals surface area contributed by atoms with Crippen LogP contribution < -0.4 is 10.5 Å². The van der Waals surface area contributed by atoms with Crippen LogP contribution in [-0.2, 0) is 0 Å². The third-order valence-corrected chi connectivity index (χ3v) is 2.27. The van der Waals surface area contributed by atoms with E-state index >= 15 is 0 Å². The predicted octanol–water partition coefficient (Wildman–Crippen LogP) is 4.05. The smallest absolute Gasteiger partial charge is 0.389 e. The van der Waals surface area contributed by atoms with Crippen LogP contribution in [0, 0.1) is 0 Å². The number of ether oxygens (including phenoxy) is 1. The van der Waals surface area contributed by atoms with Crippen molar-refractivity contribution in [3.05, 3.63) is 29.8 Å². The van der Waals surface area contributed by atoms with Crippen molar-refractivity contribution in [1.29, 1.82) is 0 Å². The summed E-state index contributed by atoms with van der Waals surface area (Å²) in [4.78, 5) is 0. The Morgan fingerprint density at radius 2 is 1.63 bits per heavy atom. The molecule has 110 valence electrons. The lowest BCUT2D eigenvalue weighted by Crippen LogP contribution is -2.15. The summed E-state index contributed by atoms with van der Waals surface area (Å²) in [5.74, 6) is -0.0585. The fourth-order valence-electron chi connectivity index (χ4n) is 1.38. The van der Waals surface area contributed by atoms with Crippen LogP contribution >= 0.6 is 12.4 Å². The maximum absolute atomic E-state index is 12.0. The summed E-state index contributed by atoms with van der Waals surface area (Å²) in [7, 11) is 0. The zero-order valence-corrected chi connectivity index (χ0v) is 10.5. The molecule has 0 bridgehead atoms. The van der Waals surface area contributed by atoms with Crippen molar-refractivity contribution in [3.63, 3.8) is 0 Å². The van der Waals surface area contributed by atoms with Crippen LogP contribution in [0.5, 0.6) is 5.75 Å². The highest BCUT2D eigenvalue weighted by molar-refractivity contribution is 5.85. The normalized spacial score (nSPS) is 13.0. The van der Waals surface area contributed by atoms with Crippen LogP contribution in [-0.4, -0.2) is 12.8 Å². The quantitative estimate of drug-likeness (QED) is 0.833. The minimum Gasteiger partial charge on any atom is -0.435 e. The highest BCUT2D eigenvalue weighted by Gasteiger charge is 2.27. The fourth-order valence-corrected chi connectivity index (χ4v) is 1.38. The molecule has 1 atom stereocenters. The van der Waals surface area contributed by atoms with Crippen molar-refractivity contribution in [2.75, 3.05) is 0 Å². The molecule has 0 unspecified atom stereocenters. The largest absolute Gasteiger partial charge is 0.435 e. The molecule has 0 heterocycles. The van der Waals surface area contributed by atoms with Gasteiger partial charge in [0.15, 0.2) is 0 Å². The molecule has 0 amide bonds. The Balaban J connectivity index is 0.00000324. The predicted molar refractivity (Wildman–Crippen MR) is 62.5 cm³/mol. The van der Waals surface area contributed by atoms with Gasteiger partial charge in [-0.15, -0.1) is 12.4 Å². The number of hydrogen-bond acceptors (Lipinski definition) is 2. The van der Waals surface area contributed by atoms with Gasteiger partial charge >= 0.3 is 12.8 Å². The first-order valence-corrected chi connectivity index (χ1v) is 5.15. The van der Waals surface area contributed by atoms with E-state index in [9.17, 15) is 22.0 Å². The van der Waals surface area contributed by atoms with Gasteiger partial charge in [-0.25, -0.2) is 0 Å². The third-order valence-electron chi connectivity index (χ3n) is 2.27. The molecular formula is C11H13ClF5NO. The first-order chi connectivity index (χ1) is 8.28. The van der Waals surface area contributed by atoms with Gasteiger partial charge in [0.05, 0.1) is 0 Å². The summed E-state index contributed by atoms with van der Waals surface area (Å²) < 4.78 is 63.8. The molecular weight excluding hydrogens is 293 g/mol. The number of alkyl halides is 5. The molecule has 0 aromatic heterocycles. The molecule has 0 saturated heterocycles. The Morgan fingerprint density at radius 1 is 1.11 bits per heavy atom. The van der Waals surface area contributed by atoms with Crippen LogP contribution in [0.4, 0.5) is 22.0 Å². The zero-order chi connectivity index (χ0) is 13.8. The summed E-state index contributed by atoms with van der Waals surface area (Å²) in [6, 6.07) is 4.45. The molecule has 1 aromatic rings. The minimum absolute atomic E-state index is 0. The number of hydrogen-bond donors (Lipinski definition) is 1. The molecule has 0 fully saturated rings. The van der Waals surface area contributed by atoms with Gasteiger partial charge in [0.25, 0.3) is 0 Å². The Kier molecular flexibility index (Phi) is 7.07. The van der Waals surface area contributed by atoms with E-state index in [-0.39, 0.29) is 24.6 Å². The maximum Gasteiger partial charge on any atom is 0.389 e. The van der Waals surface area contributed by atoms with Gasteiger partial charge in [-0.1, -0.05) is 12.1 Å². The molecule has 2 nitrogen and oxygen atoms in total. The highest BCUT2D eigenvalue weighted by atomic mass is 35.5. The Hall–Kier alpha value is -1.08. The minimum atomic E-state index is -4.25. The van der Waals surface area contributed by atoms with Crippen molar-refractivity contribution in [2.24, 2.45) is 5.73 Å². The zero-order valence-electron chi connectivity index (χ0n) is 9.66. The monoisotopic (exact) mass is 305 g/mol. The summed E-state index contributed by atoms with van der Waals surface area (Å²) in [5, 5.41) is 0. The van der Waals surface area contributed by atoms with Crippen LogP contribution in [0.2, 0.25) is 0 Å². The van der Waals surface area contributed by atoms with Crippen LogP contribution in [0.25, 0.3) is 0 Å². The van der Waals surface area contributed by atoms with E-state index in [0.717, 1.165) is 0 Å². The highest BCUT2D eigenvalue weighted by Crippen LogP contribution is 2.27. The van der Waals surface area contributed by atoms with Crippen molar-refractivity contribution in [3.8, 4) is 5.75 Å². The van der Waals surface area contributed by atoms with Crippen molar-refractivity contribution < 1.29 is 26.7 Å². The summed E-state index contributed by atoms with van der Waals surface area (Å²) in [5.41, 5.74) is 6.01. The van der Waals surface area contributed by atoms with Crippen LogP contribution in [0.15, 0.2) is 24.3 Å². The Labute approximate surface area is 113 Å². The second kappa shape index (κ2) is 7.49. The standard InChI is InChI=1S/C11H12F5NO.ClH/c12-10(13)18-8-3-1-7(2-4-8)9(17)5-6-11(14,15)16;/h1-4,9-10H,5-6,17H2;1H/t9-;/m1./s1. The van der Waals surface area contributed by atoms with E-state index in [4.69, 9.17) is 5.73 Å². The summed E-state index contributed by atoms with van der Waals surface area (Å²) in [6.45, 7) is -2.94. The molecule has 19 heavy (non-hydrogen) atoms. The van der Waals surface area contributed by atoms with Gasteiger partial charge in [-0.2, -0.15) is 22.0 Å². The van der Waals surface area contributed by atoms with E-state index in [0.29, 0.717) is 5.56 Å². The first kappa shape index (κ1) is 17.9. The van der Waals surface area contributed by atoms with Crippen LogP contribution in [0.1, 0.15) is 24.4 Å². The van der Waals surface area contributed by atoms with E-state index in [2.05, 4.69) is 4.74 Å². The lowest BCUT2D eigenvalue weighted by molar-refractivity contribution is -0.136. The van der Waals surface area contributed by atoms with Crippen molar-refractivity contribution in [2.45, 2.75) is 31.7 Å². The topological polar surface area (TPSA) is 35.2 Å². The van der Waals surface area contributed by atoms with Gasteiger partial charge in [0, 0.05) is 12.5 Å². The second-order valence-corrected chi connectivity index (χ2v) is 3.71. The third kappa shape index (κ3) is 7.17. The van der Waals surface area contributed by atoms with Crippen molar-refractivity contribution >= 4 is 12.4 Å². The molecule has 0 aliphatic heterocycles. The van der Waals surface area contributed by atoms with E-state index < -0.39 is 25.3 Å². The van der Waals surface area contributed by atoms with Crippen molar-refractivity contribution in [1.82, 2.24) is 0 Å². The summed E-state index contributed by atoms with van der Waals surface area (Å²) >= 11 is 0. The summed E-state index contributed by atoms with van der Waals surface area (Å²) in [6.07, 6.45) is -5.49. The number of nitrogens with two attached hydrogens (primary N) is 1. The van der Waals surface area contributed by atoms with Gasteiger partial charge in [0.2, 0.25) is 0 Å². The molecule has 8 heteroatoms. The molecule has 0 radical (unpaired) electrons. The molecule has 1 aromatic carbocycles. The van der Waals surface area contributed by atoms with Gasteiger partial charge < -0.3 is 10.5 Å². The number of benzene rings is 1. The SMILES string of the molecule is Cl.N[C@H](CCC(F)(F)F)c1ccc(OC(F)F)cc1. The number of rotatable bonds is 5. The fraction of sp³-hybridized carbons (Fsp3) is 0.455. The maximum atomic E-state index is 12.0. The molecule has 0 saturated carbocycles. The van der Waals surface area contributed by atoms with E-state index in [1.165, 1.54) is 24.3 Å². The lowest BCUT2D eigenvalue weighted by Gasteiger charge is -2.14. The van der Waals surface area contributed by atoms with E-state index in [1.54, 1.807) is 0 Å².